The lowest BCUT2D eigenvalue weighted by Gasteiger charge is -2.07. The van der Waals surface area contributed by atoms with Gasteiger partial charge in [-0.05, 0) is 91.3 Å². The van der Waals surface area contributed by atoms with Gasteiger partial charge in [-0.3, -0.25) is 4.79 Å². The minimum absolute atomic E-state index is 0.129. The molecule has 0 unspecified atom stereocenters. The highest BCUT2D eigenvalue weighted by atomic mass is 32.2. The van der Waals surface area contributed by atoms with Gasteiger partial charge in [-0.15, -0.1) is 5.10 Å². The first-order valence-corrected chi connectivity index (χ1v) is 12.5. The van der Waals surface area contributed by atoms with Crippen LogP contribution in [0.5, 0.6) is 11.5 Å². The van der Waals surface area contributed by atoms with Crippen LogP contribution in [0, 0.1) is 6.92 Å². The molecule has 0 saturated heterocycles. The number of benzene rings is 3. The molecule has 0 atom stereocenters. The minimum Gasteiger partial charge on any atom is -0.508 e. The van der Waals surface area contributed by atoms with Gasteiger partial charge in [0.2, 0.25) is 0 Å². The molecule has 9 heteroatoms. The van der Waals surface area contributed by atoms with Gasteiger partial charge in [0.25, 0.3) is 11.7 Å². The number of carbonyl (C=O) groups excluding carboxylic acids is 1. The number of aromatic amines is 1. The highest BCUT2D eigenvalue weighted by Gasteiger charge is 2.24. The van der Waals surface area contributed by atoms with Crippen LogP contribution in [0.4, 0.5) is 0 Å². The number of hydrogen-bond acceptors (Lipinski definition) is 6. The van der Waals surface area contributed by atoms with Crippen molar-refractivity contribution in [3.8, 4) is 28.6 Å². The molecule has 3 N–H and O–H groups in total. The molecule has 3 aromatic carbocycles. The molecule has 0 aliphatic carbocycles. The van der Waals surface area contributed by atoms with E-state index in [1.165, 1.54) is 17.3 Å². The monoisotopic (exact) mass is 502 g/mol. The summed E-state index contributed by atoms with van der Waals surface area (Å²) < 4.78 is 7.29. The lowest BCUT2D eigenvalue weighted by Crippen LogP contribution is -2.34. The van der Waals surface area contributed by atoms with Crippen LogP contribution < -0.4 is 14.7 Å². The number of aromatic nitrogens is 3. The van der Waals surface area contributed by atoms with Gasteiger partial charge in [0.05, 0.1) is 29.2 Å². The number of carbonyl (C=O) groups is 1. The number of nitrogens with one attached hydrogen (secondary N) is 2. The largest absolute Gasteiger partial charge is 0.508 e. The van der Waals surface area contributed by atoms with E-state index in [1.54, 1.807) is 31.4 Å². The standard InChI is InChI=1S/C27H27N5O3S/c1-4-24(19-9-13-22(33)14-10-19)28-29-25(34)17-36-27-31-30-26(20-7-5-18(2)6-8-20)32(27)21-11-15-23(35-3)16-12-21/h5-16H,4,17H2,1-3H3,(H2,28,29,33,34)/p+1. The van der Waals surface area contributed by atoms with Crippen LogP contribution in [0.25, 0.3) is 17.1 Å². The predicted molar refractivity (Wildman–Crippen MR) is 141 cm³/mol. The lowest BCUT2D eigenvalue weighted by atomic mass is 10.1. The highest BCUT2D eigenvalue weighted by Crippen LogP contribution is 2.22. The van der Waals surface area contributed by atoms with Crippen LogP contribution in [0.3, 0.4) is 0 Å². The second kappa shape index (κ2) is 11.5. The number of phenols is 1. The molecule has 0 spiro atoms. The number of aryl methyl sites for hydroxylation is 1. The number of ether oxygens (including phenoxy) is 1. The van der Waals surface area contributed by atoms with Crippen molar-refractivity contribution in [3.63, 3.8) is 0 Å². The maximum Gasteiger partial charge on any atom is 0.342 e. The summed E-state index contributed by atoms with van der Waals surface area (Å²) in [4.78, 5) is 12.6. The van der Waals surface area contributed by atoms with Gasteiger partial charge in [0.15, 0.2) is 0 Å². The average molecular weight is 503 g/mol. The van der Waals surface area contributed by atoms with Crippen molar-refractivity contribution in [1.29, 1.82) is 0 Å². The van der Waals surface area contributed by atoms with Gasteiger partial charge in [-0.2, -0.15) is 9.67 Å². The molecule has 8 nitrogen and oxygen atoms in total. The number of thioether (sulfide) groups is 1. The Balaban J connectivity index is 1.54. The zero-order chi connectivity index (χ0) is 25.5. The van der Waals surface area contributed by atoms with Crippen LogP contribution in [-0.4, -0.2) is 39.8 Å². The second-order valence-electron chi connectivity index (χ2n) is 8.04. The van der Waals surface area contributed by atoms with E-state index in [9.17, 15) is 9.90 Å². The number of methoxy groups -OCH3 is 1. The van der Waals surface area contributed by atoms with Gasteiger partial charge in [-0.25, -0.2) is 5.43 Å². The molecule has 0 saturated carbocycles. The summed E-state index contributed by atoms with van der Waals surface area (Å²) in [7, 11) is 1.63. The van der Waals surface area contributed by atoms with Crippen molar-refractivity contribution in [2.24, 2.45) is 5.10 Å². The Morgan fingerprint density at radius 3 is 2.42 bits per heavy atom. The number of H-pyrrole nitrogens is 1. The molecule has 0 bridgehead atoms. The Labute approximate surface area is 214 Å². The van der Waals surface area contributed by atoms with Crippen molar-refractivity contribution in [2.45, 2.75) is 25.4 Å². The smallest absolute Gasteiger partial charge is 0.342 e. The Morgan fingerprint density at radius 1 is 1.08 bits per heavy atom. The summed E-state index contributed by atoms with van der Waals surface area (Å²) in [5, 5.41) is 22.1. The Bertz CT molecular complexity index is 1350. The maximum absolute atomic E-state index is 12.6. The molecule has 36 heavy (non-hydrogen) atoms. The van der Waals surface area contributed by atoms with E-state index in [-0.39, 0.29) is 17.4 Å². The first kappa shape index (κ1) is 25.0. The molecule has 184 valence electrons. The number of rotatable bonds is 9. The van der Waals surface area contributed by atoms with Crippen molar-refractivity contribution in [3.05, 3.63) is 83.9 Å². The third-order valence-corrected chi connectivity index (χ3v) is 6.45. The summed E-state index contributed by atoms with van der Waals surface area (Å²) in [6, 6.07) is 22.6. The number of hydrazone groups is 1. The average Bonchev–Trinajstić information content (AvgIpc) is 3.33. The summed E-state index contributed by atoms with van der Waals surface area (Å²) in [6.45, 7) is 4.00. The molecule has 1 aromatic heterocycles. The summed E-state index contributed by atoms with van der Waals surface area (Å²) in [5.41, 5.74) is 7.24. The minimum atomic E-state index is -0.245. The van der Waals surface area contributed by atoms with E-state index in [1.807, 2.05) is 66.9 Å². The molecular formula is C27H28N5O3S+. The highest BCUT2D eigenvalue weighted by molar-refractivity contribution is 7.99. The summed E-state index contributed by atoms with van der Waals surface area (Å²) in [5.74, 6) is 1.63. The molecular weight excluding hydrogens is 474 g/mol. The van der Waals surface area contributed by atoms with Crippen LogP contribution >= 0.6 is 11.8 Å². The van der Waals surface area contributed by atoms with E-state index in [4.69, 9.17) is 4.74 Å². The maximum atomic E-state index is 12.6. The number of phenolic OH excluding ortho intramolecular Hbond substituents is 1. The van der Waals surface area contributed by atoms with Crippen LogP contribution in [0.2, 0.25) is 0 Å². The van der Waals surface area contributed by atoms with Crippen molar-refractivity contribution >= 4 is 23.4 Å². The van der Waals surface area contributed by atoms with Gasteiger partial charge in [0.1, 0.15) is 17.2 Å². The molecule has 0 radical (unpaired) electrons. The van der Waals surface area contributed by atoms with E-state index in [0.29, 0.717) is 11.6 Å². The molecule has 1 amide bonds. The first-order chi connectivity index (χ1) is 17.5. The molecule has 0 aliphatic rings. The summed E-state index contributed by atoms with van der Waals surface area (Å²) >= 11 is 1.31. The number of aromatic hydroxyl groups is 1. The second-order valence-corrected chi connectivity index (χ2v) is 8.98. The Hall–Kier alpha value is -4.11. The molecule has 1 heterocycles. The Morgan fingerprint density at radius 2 is 1.78 bits per heavy atom. The molecule has 0 fully saturated rings. The normalized spacial score (nSPS) is 11.4. The van der Waals surface area contributed by atoms with Crippen LogP contribution in [-0.2, 0) is 4.79 Å². The lowest BCUT2D eigenvalue weighted by molar-refractivity contribution is -0.625. The number of nitrogens with zero attached hydrogens (tertiary/aromatic N) is 3. The van der Waals surface area contributed by atoms with E-state index < -0.39 is 0 Å². The van der Waals surface area contributed by atoms with Gasteiger partial charge in [0, 0.05) is 0 Å². The van der Waals surface area contributed by atoms with E-state index in [0.717, 1.165) is 34.1 Å². The fraction of sp³-hybridized carbons (Fsp3) is 0.185. The third-order valence-electron chi connectivity index (χ3n) is 5.51. The fourth-order valence-corrected chi connectivity index (χ4v) is 4.32. The number of amides is 1. The predicted octanol–water partition coefficient (Wildman–Crippen LogP) is 4.40. The molecule has 4 aromatic rings. The van der Waals surface area contributed by atoms with E-state index >= 15 is 0 Å². The quantitative estimate of drug-likeness (QED) is 0.136. The van der Waals surface area contributed by atoms with Gasteiger partial charge < -0.3 is 9.84 Å². The van der Waals surface area contributed by atoms with E-state index in [2.05, 4.69) is 20.7 Å². The third kappa shape index (κ3) is 5.92. The van der Waals surface area contributed by atoms with Crippen molar-refractivity contribution < 1.29 is 19.2 Å². The van der Waals surface area contributed by atoms with Gasteiger partial charge >= 0.3 is 5.16 Å². The first-order valence-electron chi connectivity index (χ1n) is 11.5. The Kier molecular flexibility index (Phi) is 8.02. The van der Waals surface area contributed by atoms with Crippen molar-refractivity contribution in [1.82, 2.24) is 15.6 Å². The van der Waals surface area contributed by atoms with Crippen LogP contribution in [0.1, 0.15) is 24.5 Å². The zero-order valence-electron chi connectivity index (χ0n) is 20.4. The molecule has 4 rings (SSSR count). The topological polar surface area (TPSA) is 103 Å². The van der Waals surface area contributed by atoms with Gasteiger partial charge in [-0.1, -0.05) is 24.6 Å². The van der Waals surface area contributed by atoms with Crippen molar-refractivity contribution in [2.75, 3.05) is 12.9 Å². The van der Waals surface area contributed by atoms with Crippen LogP contribution in [0.15, 0.2) is 83.1 Å². The molecule has 0 aliphatic heterocycles. The summed E-state index contributed by atoms with van der Waals surface area (Å²) in [6.07, 6.45) is 0.634. The SMILES string of the molecule is CCC(=NNC(=O)CSc1n[nH]c(-c2ccc(C)cc2)[n+]1-c1ccc(OC)cc1)c1ccc(O)cc1. The number of hydrogen-bond donors (Lipinski definition) is 3. The zero-order valence-corrected chi connectivity index (χ0v) is 21.2. The fourth-order valence-electron chi connectivity index (χ4n) is 3.56.